The molecule has 0 bridgehead atoms. The lowest BCUT2D eigenvalue weighted by molar-refractivity contribution is -0.148. The van der Waals surface area contributed by atoms with Crippen LogP contribution < -0.4 is 0 Å². The molecule has 1 fully saturated rings. The van der Waals surface area contributed by atoms with E-state index < -0.39 is 0 Å². The monoisotopic (exact) mass is 249 g/mol. The second-order valence-electron chi connectivity index (χ2n) is 4.58. The minimum Gasteiger partial charge on any atom is -0.469 e. The molecule has 4 nitrogen and oxygen atoms in total. The number of hydrogen-bond acceptors (Lipinski definition) is 4. The van der Waals surface area contributed by atoms with Gasteiger partial charge in [-0.05, 0) is 5.56 Å². The minimum absolute atomic E-state index is 0.0684. The van der Waals surface area contributed by atoms with Gasteiger partial charge in [-0.3, -0.25) is 9.69 Å². The molecule has 1 aliphatic rings. The molecule has 1 aliphatic heterocycles. The average molecular weight is 249 g/mol. The number of ether oxygens (including phenoxy) is 2. The maximum atomic E-state index is 11.7. The summed E-state index contributed by atoms with van der Waals surface area (Å²) in [6.45, 7) is 2.30. The van der Waals surface area contributed by atoms with Gasteiger partial charge in [-0.2, -0.15) is 0 Å². The summed E-state index contributed by atoms with van der Waals surface area (Å²) in [6.07, 6.45) is -0.0684. The standard InChI is InChI=1S/C14H19NO3/c1-17-13-10-15(9-12(13)14(16)18-2)8-11-6-4-3-5-7-11/h3-7,12-13H,8-10H2,1-2H3/t12-,13-/m0/s1. The van der Waals surface area contributed by atoms with Crippen molar-refractivity contribution in [3.63, 3.8) is 0 Å². The first-order valence-corrected chi connectivity index (χ1v) is 6.11. The number of nitrogens with zero attached hydrogens (tertiary/aromatic N) is 1. The van der Waals surface area contributed by atoms with Gasteiger partial charge in [0.2, 0.25) is 0 Å². The van der Waals surface area contributed by atoms with Crippen LogP contribution in [0.4, 0.5) is 0 Å². The SMILES string of the molecule is COC(=O)[C@H]1CN(Cc2ccccc2)C[C@@H]1OC. The highest BCUT2D eigenvalue weighted by Gasteiger charge is 2.38. The Kier molecular flexibility index (Phi) is 4.33. The van der Waals surface area contributed by atoms with Crippen molar-refractivity contribution in [2.45, 2.75) is 12.6 Å². The Morgan fingerprint density at radius 1 is 1.28 bits per heavy atom. The average Bonchev–Trinajstić information content (AvgIpc) is 2.82. The summed E-state index contributed by atoms with van der Waals surface area (Å²) in [7, 11) is 3.07. The van der Waals surface area contributed by atoms with Crippen molar-refractivity contribution in [3.05, 3.63) is 35.9 Å². The van der Waals surface area contributed by atoms with Crippen molar-refractivity contribution < 1.29 is 14.3 Å². The van der Waals surface area contributed by atoms with Crippen molar-refractivity contribution in [3.8, 4) is 0 Å². The van der Waals surface area contributed by atoms with Crippen LogP contribution >= 0.6 is 0 Å². The van der Waals surface area contributed by atoms with Gasteiger partial charge in [-0.25, -0.2) is 0 Å². The summed E-state index contributed by atoms with van der Waals surface area (Å²) >= 11 is 0. The molecule has 4 heteroatoms. The van der Waals surface area contributed by atoms with Gasteiger partial charge in [0.05, 0.1) is 19.1 Å². The molecule has 1 aromatic rings. The second kappa shape index (κ2) is 5.98. The van der Waals surface area contributed by atoms with Gasteiger partial charge >= 0.3 is 5.97 Å². The molecule has 0 unspecified atom stereocenters. The molecule has 0 aromatic heterocycles. The molecule has 0 N–H and O–H groups in total. The van der Waals surface area contributed by atoms with Crippen LogP contribution in [0.25, 0.3) is 0 Å². The van der Waals surface area contributed by atoms with Crippen LogP contribution in [-0.4, -0.2) is 44.3 Å². The quantitative estimate of drug-likeness (QED) is 0.754. The van der Waals surface area contributed by atoms with Gasteiger partial charge in [-0.15, -0.1) is 0 Å². The fraction of sp³-hybridized carbons (Fsp3) is 0.500. The molecular weight excluding hydrogens is 230 g/mol. The van der Waals surface area contributed by atoms with Crippen LogP contribution in [0.15, 0.2) is 30.3 Å². The van der Waals surface area contributed by atoms with Gasteiger partial charge in [0, 0.05) is 26.7 Å². The molecule has 0 saturated carbocycles. The Morgan fingerprint density at radius 2 is 2.00 bits per heavy atom. The third kappa shape index (κ3) is 2.89. The van der Waals surface area contributed by atoms with E-state index in [9.17, 15) is 4.79 Å². The smallest absolute Gasteiger partial charge is 0.312 e. The largest absolute Gasteiger partial charge is 0.469 e. The highest BCUT2D eigenvalue weighted by Crippen LogP contribution is 2.22. The molecule has 0 amide bonds. The topological polar surface area (TPSA) is 38.8 Å². The lowest BCUT2D eigenvalue weighted by Crippen LogP contribution is -2.29. The lowest BCUT2D eigenvalue weighted by atomic mass is 10.1. The molecular formula is C14H19NO3. The molecule has 0 radical (unpaired) electrons. The maximum absolute atomic E-state index is 11.7. The van der Waals surface area contributed by atoms with E-state index in [0.717, 1.165) is 13.1 Å². The molecule has 2 atom stereocenters. The fourth-order valence-corrected chi connectivity index (χ4v) is 2.44. The molecule has 0 aliphatic carbocycles. The highest BCUT2D eigenvalue weighted by molar-refractivity contribution is 5.73. The van der Waals surface area contributed by atoms with E-state index in [4.69, 9.17) is 9.47 Å². The van der Waals surface area contributed by atoms with Crippen molar-refractivity contribution >= 4 is 5.97 Å². The van der Waals surface area contributed by atoms with E-state index in [-0.39, 0.29) is 18.0 Å². The first-order valence-electron chi connectivity index (χ1n) is 6.11. The predicted molar refractivity (Wildman–Crippen MR) is 68.0 cm³/mol. The molecule has 1 heterocycles. The maximum Gasteiger partial charge on any atom is 0.312 e. The zero-order valence-corrected chi connectivity index (χ0v) is 10.8. The van der Waals surface area contributed by atoms with Crippen LogP contribution in [0.1, 0.15) is 5.56 Å². The number of esters is 1. The molecule has 18 heavy (non-hydrogen) atoms. The lowest BCUT2D eigenvalue weighted by Gasteiger charge is -2.15. The Labute approximate surface area is 107 Å². The second-order valence-corrected chi connectivity index (χ2v) is 4.58. The van der Waals surface area contributed by atoms with Crippen molar-refractivity contribution in [2.75, 3.05) is 27.3 Å². The Bertz CT molecular complexity index is 393. The fourth-order valence-electron chi connectivity index (χ4n) is 2.44. The zero-order valence-electron chi connectivity index (χ0n) is 10.8. The summed E-state index contributed by atoms with van der Waals surface area (Å²) in [5, 5.41) is 0. The molecule has 1 saturated heterocycles. The number of likely N-dealkylation sites (tertiary alicyclic amines) is 1. The minimum atomic E-state index is -0.183. The number of methoxy groups -OCH3 is 2. The van der Waals surface area contributed by atoms with E-state index in [2.05, 4.69) is 17.0 Å². The van der Waals surface area contributed by atoms with Gasteiger partial charge in [0.15, 0.2) is 0 Å². The highest BCUT2D eigenvalue weighted by atomic mass is 16.5. The van der Waals surface area contributed by atoms with Crippen LogP contribution in [0.2, 0.25) is 0 Å². The number of hydrogen-bond donors (Lipinski definition) is 0. The van der Waals surface area contributed by atoms with Gasteiger partial charge in [0.1, 0.15) is 0 Å². The molecule has 1 aromatic carbocycles. The van der Waals surface area contributed by atoms with Crippen LogP contribution in [0.5, 0.6) is 0 Å². The first-order chi connectivity index (χ1) is 8.74. The number of carbonyl (C=O) groups excluding carboxylic acids is 1. The molecule has 2 rings (SSSR count). The Morgan fingerprint density at radius 3 is 2.61 bits per heavy atom. The third-order valence-corrected chi connectivity index (χ3v) is 3.40. The van der Waals surface area contributed by atoms with Crippen LogP contribution in [0, 0.1) is 5.92 Å². The summed E-state index contributed by atoms with van der Waals surface area (Å²) < 4.78 is 10.2. The molecule has 98 valence electrons. The van der Waals surface area contributed by atoms with E-state index in [0.29, 0.717) is 6.54 Å². The zero-order chi connectivity index (χ0) is 13.0. The van der Waals surface area contributed by atoms with E-state index in [1.807, 2.05) is 18.2 Å². The van der Waals surface area contributed by atoms with E-state index in [1.54, 1.807) is 7.11 Å². The van der Waals surface area contributed by atoms with Crippen LogP contribution in [0.3, 0.4) is 0 Å². The van der Waals surface area contributed by atoms with Crippen molar-refractivity contribution in [2.24, 2.45) is 5.92 Å². The number of benzene rings is 1. The summed E-state index contributed by atoms with van der Waals surface area (Å²) in [5.41, 5.74) is 1.25. The normalized spacial score (nSPS) is 24.1. The molecule has 0 spiro atoms. The first kappa shape index (κ1) is 13.1. The van der Waals surface area contributed by atoms with Gasteiger partial charge < -0.3 is 9.47 Å². The van der Waals surface area contributed by atoms with Crippen molar-refractivity contribution in [1.29, 1.82) is 0 Å². The van der Waals surface area contributed by atoms with E-state index in [1.165, 1.54) is 12.7 Å². The van der Waals surface area contributed by atoms with Gasteiger partial charge in [0.25, 0.3) is 0 Å². The summed E-state index contributed by atoms with van der Waals surface area (Å²) in [6, 6.07) is 10.2. The van der Waals surface area contributed by atoms with Crippen LogP contribution in [-0.2, 0) is 20.8 Å². The summed E-state index contributed by atoms with van der Waals surface area (Å²) in [4.78, 5) is 13.9. The van der Waals surface area contributed by atoms with Crippen molar-refractivity contribution in [1.82, 2.24) is 4.90 Å². The van der Waals surface area contributed by atoms with Gasteiger partial charge in [-0.1, -0.05) is 30.3 Å². The third-order valence-electron chi connectivity index (χ3n) is 3.40. The predicted octanol–water partition coefficient (Wildman–Crippen LogP) is 1.31. The van der Waals surface area contributed by atoms with E-state index >= 15 is 0 Å². The number of carbonyl (C=O) groups is 1. The summed E-state index contributed by atoms with van der Waals surface area (Å²) in [5.74, 6) is -0.360. The Hall–Kier alpha value is -1.39. The number of rotatable bonds is 4. The Balaban J connectivity index is 1.99.